The van der Waals surface area contributed by atoms with Gasteiger partial charge in [-0.05, 0) is 198 Å². The van der Waals surface area contributed by atoms with Crippen LogP contribution in [0.15, 0.2) is 390 Å². The highest BCUT2D eigenvalue weighted by atomic mass is 16.3. The maximum atomic E-state index is 6.26. The van der Waals surface area contributed by atoms with Crippen LogP contribution in [-0.4, -0.2) is 59.8 Å². The third-order valence-electron chi connectivity index (χ3n) is 26.4. The largest absolute Gasteiger partial charge is 0.456 e. The van der Waals surface area contributed by atoms with Crippen molar-refractivity contribution in [3.05, 3.63) is 410 Å². The molecule has 626 valence electrons. The van der Waals surface area contributed by atoms with Crippen molar-refractivity contribution < 1.29 is 13.3 Å². The van der Waals surface area contributed by atoms with Crippen molar-refractivity contribution in [3.63, 3.8) is 0 Å². The molecule has 26 rings (SSSR count). The first-order valence-electron chi connectivity index (χ1n) is 44.3. The number of fused-ring (bicyclic) bond motifs is 18. The monoisotopic (exact) mass is 1700 g/mol. The zero-order chi connectivity index (χ0) is 88.5. The summed E-state index contributed by atoms with van der Waals surface area (Å²) in [5.41, 5.74) is 32.8. The lowest BCUT2D eigenvalue weighted by Crippen LogP contribution is -2.15. The van der Waals surface area contributed by atoms with E-state index in [4.69, 9.17) is 58.1 Å². The van der Waals surface area contributed by atoms with Crippen LogP contribution in [0.1, 0.15) is 74.9 Å². The zero-order valence-electron chi connectivity index (χ0n) is 72.9. The summed E-state index contributed by atoms with van der Waals surface area (Å²) < 4.78 is 18.8. The molecule has 9 aromatic heterocycles. The molecule has 0 atom stereocenters. The van der Waals surface area contributed by atoms with Crippen LogP contribution < -0.4 is 0 Å². The van der Waals surface area contributed by atoms with Gasteiger partial charge in [0.2, 0.25) is 0 Å². The van der Waals surface area contributed by atoms with Gasteiger partial charge in [-0.15, -0.1) is 0 Å². The van der Waals surface area contributed by atoms with Crippen molar-refractivity contribution in [1.82, 2.24) is 59.8 Å². The second kappa shape index (κ2) is 31.2. The number of rotatable bonds is 11. The summed E-state index contributed by atoms with van der Waals surface area (Å²) in [6.45, 7) is 13.8. The first-order chi connectivity index (χ1) is 64.6. The molecule has 15 nitrogen and oxygen atoms in total. The molecule has 9 heterocycles. The van der Waals surface area contributed by atoms with E-state index >= 15 is 0 Å². The molecule has 0 unspecified atom stereocenters. The molecule has 0 radical (unpaired) electrons. The lowest BCUT2D eigenvalue weighted by atomic mass is 9.81. The van der Waals surface area contributed by atoms with E-state index in [1.54, 1.807) is 18.6 Å². The maximum absolute atomic E-state index is 6.26. The fourth-order valence-electron chi connectivity index (χ4n) is 19.5. The van der Waals surface area contributed by atoms with Crippen LogP contribution in [0.25, 0.3) is 224 Å². The molecule has 23 aromatic rings. The number of furan rings is 3. The van der Waals surface area contributed by atoms with Crippen LogP contribution in [0, 0.1) is 0 Å². The number of para-hydroxylation sites is 3. The summed E-state index contributed by atoms with van der Waals surface area (Å²) in [6.07, 6.45) is 5.24. The molecular formula is C117H80N12O3. The Morgan fingerprint density at radius 1 is 0.167 bits per heavy atom. The zero-order valence-corrected chi connectivity index (χ0v) is 72.9. The van der Waals surface area contributed by atoms with Crippen LogP contribution in [0.3, 0.4) is 0 Å². The molecule has 0 aliphatic heterocycles. The Morgan fingerprint density at radius 2 is 0.402 bits per heavy atom. The van der Waals surface area contributed by atoms with Gasteiger partial charge in [-0.1, -0.05) is 290 Å². The number of hydrogen-bond acceptors (Lipinski definition) is 15. The predicted molar refractivity (Wildman–Crippen MR) is 527 cm³/mol. The SMILES string of the molecule is CC1(C)c2cc(-c3ccc(-c4nc(-c5ccccc5)nc(-c5ccccc5)n4)cc3)ccc2-c2cc3c(cc21)oc1ccccc13.CC1(C)c2cc(-c3ccc(-c4nc(-c5ccccc5)nc(-c5ccccn5)n4)cc3)ccc2-c2cc3c(cc21)oc1ccccc13.CC1(C)c2cc(-c3nc(-c4ccccn4)nc(-c4ccccn4)n3)ccc2-c2cc3c(cc21)oc1ccccc13. The number of pyridine rings is 3. The highest BCUT2D eigenvalue weighted by Gasteiger charge is 2.40. The molecule has 0 saturated carbocycles. The number of hydrogen-bond donors (Lipinski definition) is 0. The minimum absolute atomic E-state index is 0.152. The predicted octanol–water partition coefficient (Wildman–Crippen LogP) is 28.8. The van der Waals surface area contributed by atoms with E-state index in [-0.39, 0.29) is 16.2 Å². The Labute approximate surface area is 760 Å². The van der Waals surface area contributed by atoms with Gasteiger partial charge in [0.05, 0.1) is 0 Å². The van der Waals surface area contributed by atoms with Crippen molar-refractivity contribution in [1.29, 1.82) is 0 Å². The molecule has 0 spiro atoms. The molecule has 132 heavy (non-hydrogen) atoms. The summed E-state index contributed by atoms with van der Waals surface area (Å²) in [7, 11) is 0. The molecule has 15 heteroatoms. The fraction of sp³-hybridized carbons (Fsp3) is 0.0769. The molecule has 0 N–H and O–H groups in total. The molecule has 0 bridgehead atoms. The molecule has 14 aromatic carbocycles. The van der Waals surface area contributed by atoms with Crippen molar-refractivity contribution in [2.45, 2.75) is 57.8 Å². The van der Waals surface area contributed by atoms with Gasteiger partial charge in [0.1, 0.15) is 50.6 Å². The number of aromatic nitrogens is 12. The second-order valence-electron chi connectivity index (χ2n) is 35.4. The summed E-state index contributed by atoms with van der Waals surface area (Å²) in [5.74, 6) is 5.38. The molecule has 3 aliphatic rings. The van der Waals surface area contributed by atoms with Gasteiger partial charge in [-0.2, -0.15) is 0 Å². The van der Waals surface area contributed by atoms with E-state index in [1.165, 1.54) is 83.3 Å². The van der Waals surface area contributed by atoms with Gasteiger partial charge < -0.3 is 13.3 Å². The molecular weight excluding hydrogens is 1620 g/mol. The average Bonchev–Trinajstić information content (AvgIpc) is 1.56. The second-order valence-corrected chi connectivity index (χ2v) is 35.4. The standard InChI is InChI=1S/C42H29N3O.C41H28N4O.C34H23N5O/c1-42(2)35-23-30(21-22-31(35)33-24-34-32-15-9-10-16-37(32)46-38(34)25-36(33)42)26-17-19-29(20-18-26)41-44-39(27-11-5-3-6-12-27)43-40(45-41)28-13-7-4-8-14-28;1-41(2)33-22-28(19-20-29(33)31-23-32-30-12-6-7-14-36(30)46-37(32)24-34(31)41)25-15-17-27(18-16-25)39-43-38(26-10-4-3-5-11-26)44-40(45-39)35-13-8-9-21-42-35;1-34(2)25-17-20(13-14-21(25)23-18-24-22-9-3-4-12-29(22)40-30(24)19-26(23)34)31-37-32(27-10-5-7-15-35-27)39-33(38-31)28-11-6-8-16-36-28/h3-25H,1-2H3;3-24H,1-2H3;3-19H,1-2H3. The van der Waals surface area contributed by atoms with Crippen molar-refractivity contribution in [3.8, 4) is 159 Å². The highest BCUT2D eigenvalue weighted by Crippen LogP contribution is 2.56. The number of benzene rings is 14. The van der Waals surface area contributed by atoms with Gasteiger partial charge >= 0.3 is 0 Å². The quantitative estimate of drug-likeness (QED) is 0.119. The van der Waals surface area contributed by atoms with Gasteiger partial charge in [-0.25, -0.2) is 44.9 Å². The Bertz CT molecular complexity index is 8000. The van der Waals surface area contributed by atoms with Crippen molar-refractivity contribution >= 4 is 65.8 Å². The van der Waals surface area contributed by atoms with Gasteiger partial charge in [-0.3, -0.25) is 15.0 Å². The third kappa shape index (κ3) is 13.6. The van der Waals surface area contributed by atoms with Crippen LogP contribution >= 0.6 is 0 Å². The molecule has 3 aliphatic carbocycles. The average molecular weight is 1700 g/mol. The van der Waals surface area contributed by atoms with Gasteiger partial charge in [0.15, 0.2) is 52.4 Å². The van der Waals surface area contributed by atoms with E-state index in [1.807, 2.05) is 182 Å². The van der Waals surface area contributed by atoms with Crippen LogP contribution in [0.2, 0.25) is 0 Å². The lowest BCUT2D eigenvalue weighted by Gasteiger charge is -2.22. The molecule has 0 saturated heterocycles. The third-order valence-corrected chi connectivity index (χ3v) is 26.4. The van der Waals surface area contributed by atoms with E-state index < -0.39 is 0 Å². The topological polar surface area (TPSA) is 194 Å². The molecule has 0 amide bonds. The van der Waals surface area contributed by atoms with Crippen molar-refractivity contribution in [2.24, 2.45) is 0 Å². The number of nitrogens with zero attached hydrogens (tertiary/aromatic N) is 12. The maximum Gasteiger partial charge on any atom is 0.182 e. The summed E-state index contributed by atoms with van der Waals surface area (Å²) in [5, 5.41) is 6.93. The normalized spacial score (nSPS) is 13.3. The van der Waals surface area contributed by atoms with E-state index in [2.05, 4.69) is 232 Å². The first-order valence-corrected chi connectivity index (χ1v) is 44.3. The summed E-state index contributed by atoms with van der Waals surface area (Å²) >= 11 is 0. The summed E-state index contributed by atoms with van der Waals surface area (Å²) in [6, 6.07) is 123. The highest BCUT2D eigenvalue weighted by molar-refractivity contribution is 6.11. The minimum atomic E-state index is -0.228. The van der Waals surface area contributed by atoms with Crippen molar-refractivity contribution in [2.75, 3.05) is 0 Å². The van der Waals surface area contributed by atoms with E-state index in [0.29, 0.717) is 69.5 Å². The Morgan fingerprint density at radius 3 is 0.712 bits per heavy atom. The minimum Gasteiger partial charge on any atom is -0.456 e. The van der Waals surface area contributed by atoms with Crippen LogP contribution in [0.5, 0.6) is 0 Å². The Balaban J connectivity index is 0.000000110. The van der Waals surface area contributed by atoms with Gasteiger partial charge in [0, 0.05) is 101 Å². The fourth-order valence-corrected chi connectivity index (χ4v) is 19.5. The summed E-state index contributed by atoms with van der Waals surface area (Å²) in [4.78, 5) is 57.0. The van der Waals surface area contributed by atoms with E-state index in [0.717, 1.165) is 105 Å². The van der Waals surface area contributed by atoms with Gasteiger partial charge in [0.25, 0.3) is 0 Å². The van der Waals surface area contributed by atoms with Crippen LogP contribution in [-0.2, 0) is 16.2 Å². The lowest BCUT2D eigenvalue weighted by molar-refractivity contribution is 0.647. The Hall–Kier alpha value is -17.0. The molecule has 0 fully saturated rings. The Kier molecular flexibility index (Phi) is 18.5. The first kappa shape index (κ1) is 78.4. The van der Waals surface area contributed by atoms with E-state index in [9.17, 15) is 0 Å². The van der Waals surface area contributed by atoms with Crippen LogP contribution in [0.4, 0.5) is 0 Å². The smallest absolute Gasteiger partial charge is 0.182 e.